The topological polar surface area (TPSA) is 49.9 Å². The maximum Gasteiger partial charge on any atom is 0.248 e. The fourth-order valence-electron chi connectivity index (χ4n) is 2.24. The van der Waals surface area contributed by atoms with Crippen LogP contribution in [0.2, 0.25) is 0 Å². The number of amides is 2. The van der Waals surface area contributed by atoms with Gasteiger partial charge in [0, 0.05) is 32.8 Å². The van der Waals surface area contributed by atoms with Crippen molar-refractivity contribution in [1.82, 2.24) is 9.80 Å². The van der Waals surface area contributed by atoms with Gasteiger partial charge in [0.1, 0.15) is 17.8 Å². The number of hydrogen-bond acceptors (Lipinski definition) is 4. The van der Waals surface area contributed by atoms with Gasteiger partial charge in [-0.3, -0.25) is 9.59 Å². The third-order valence-corrected chi connectivity index (χ3v) is 4.75. The van der Waals surface area contributed by atoms with E-state index < -0.39 is 0 Å². The smallest absolute Gasteiger partial charge is 0.248 e. The van der Waals surface area contributed by atoms with E-state index in [2.05, 4.69) is 0 Å². The Morgan fingerprint density at radius 3 is 2.91 bits per heavy atom. The van der Waals surface area contributed by atoms with Gasteiger partial charge in [0.25, 0.3) is 0 Å². The SMILES string of the molecule is COCC(=O)N(C)CCN1C(=O)CS[C@@H]1c1ccccc1F. The summed E-state index contributed by atoms with van der Waals surface area (Å²) in [4.78, 5) is 26.8. The summed E-state index contributed by atoms with van der Waals surface area (Å²) < 4.78 is 18.7. The average molecular weight is 326 g/mol. The molecule has 0 radical (unpaired) electrons. The van der Waals surface area contributed by atoms with Crippen LogP contribution < -0.4 is 0 Å². The van der Waals surface area contributed by atoms with E-state index in [1.165, 1.54) is 29.8 Å². The van der Waals surface area contributed by atoms with Crippen LogP contribution in [0.5, 0.6) is 0 Å². The van der Waals surface area contributed by atoms with E-state index >= 15 is 0 Å². The van der Waals surface area contributed by atoms with Crippen LogP contribution in [0.4, 0.5) is 4.39 Å². The summed E-state index contributed by atoms with van der Waals surface area (Å²) in [6.07, 6.45) is 0. The Morgan fingerprint density at radius 2 is 2.23 bits per heavy atom. The number of thioether (sulfide) groups is 1. The summed E-state index contributed by atoms with van der Waals surface area (Å²) in [5.41, 5.74) is 0.504. The molecule has 1 aromatic carbocycles. The second kappa shape index (κ2) is 7.60. The molecular formula is C15H19FN2O3S. The predicted octanol–water partition coefficient (Wildman–Crippen LogP) is 1.50. The van der Waals surface area contributed by atoms with Gasteiger partial charge < -0.3 is 14.5 Å². The van der Waals surface area contributed by atoms with Crippen molar-refractivity contribution in [2.24, 2.45) is 0 Å². The molecule has 1 aromatic rings. The lowest BCUT2D eigenvalue weighted by molar-refractivity contribution is -0.135. The number of carbonyl (C=O) groups excluding carboxylic acids is 2. The number of ether oxygens (including phenoxy) is 1. The monoisotopic (exact) mass is 326 g/mol. The molecule has 1 fully saturated rings. The largest absolute Gasteiger partial charge is 0.375 e. The molecule has 120 valence electrons. The third kappa shape index (κ3) is 3.78. The maximum absolute atomic E-state index is 13.9. The number of nitrogens with zero attached hydrogens (tertiary/aromatic N) is 2. The second-order valence-electron chi connectivity index (χ2n) is 5.02. The first kappa shape index (κ1) is 16.8. The quantitative estimate of drug-likeness (QED) is 0.795. The third-order valence-electron chi connectivity index (χ3n) is 3.51. The fraction of sp³-hybridized carbons (Fsp3) is 0.467. The lowest BCUT2D eigenvalue weighted by Crippen LogP contribution is -2.39. The number of benzene rings is 1. The average Bonchev–Trinajstić information content (AvgIpc) is 2.86. The van der Waals surface area contributed by atoms with Crippen LogP contribution in [0.3, 0.4) is 0 Å². The molecular weight excluding hydrogens is 307 g/mol. The van der Waals surface area contributed by atoms with Crippen molar-refractivity contribution in [1.29, 1.82) is 0 Å². The van der Waals surface area contributed by atoms with Crippen molar-refractivity contribution in [3.63, 3.8) is 0 Å². The van der Waals surface area contributed by atoms with Crippen molar-refractivity contribution in [3.8, 4) is 0 Å². The Kier molecular flexibility index (Phi) is 5.79. The van der Waals surface area contributed by atoms with Gasteiger partial charge in [-0.05, 0) is 6.07 Å². The summed E-state index contributed by atoms with van der Waals surface area (Å²) in [6, 6.07) is 6.47. The molecule has 1 aliphatic rings. The summed E-state index contributed by atoms with van der Waals surface area (Å²) >= 11 is 1.40. The molecule has 2 rings (SSSR count). The molecule has 0 N–H and O–H groups in total. The molecule has 0 spiro atoms. The molecule has 2 amide bonds. The van der Waals surface area contributed by atoms with Crippen LogP contribution in [-0.2, 0) is 14.3 Å². The van der Waals surface area contributed by atoms with Crippen molar-refractivity contribution in [2.75, 3.05) is 39.6 Å². The van der Waals surface area contributed by atoms with Gasteiger partial charge in [-0.15, -0.1) is 11.8 Å². The maximum atomic E-state index is 13.9. The minimum atomic E-state index is -0.334. The predicted molar refractivity (Wildman–Crippen MR) is 82.8 cm³/mol. The summed E-state index contributed by atoms with van der Waals surface area (Å²) in [6.45, 7) is 0.770. The molecule has 0 saturated carbocycles. The van der Waals surface area contributed by atoms with Crippen molar-refractivity contribution < 1.29 is 18.7 Å². The Morgan fingerprint density at radius 1 is 1.50 bits per heavy atom. The first-order valence-electron chi connectivity index (χ1n) is 6.93. The van der Waals surface area contributed by atoms with E-state index in [0.717, 1.165) is 0 Å². The molecule has 1 atom stereocenters. The van der Waals surface area contributed by atoms with E-state index in [9.17, 15) is 14.0 Å². The first-order chi connectivity index (χ1) is 10.5. The molecule has 1 aliphatic heterocycles. The molecule has 22 heavy (non-hydrogen) atoms. The van der Waals surface area contributed by atoms with E-state index in [1.54, 1.807) is 30.1 Å². The Balaban J connectivity index is 2.03. The molecule has 1 saturated heterocycles. The highest BCUT2D eigenvalue weighted by Gasteiger charge is 2.34. The van der Waals surface area contributed by atoms with Crippen LogP contribution in [0.15, 0.2) is 24.3 Å². The highest BCUT2D eigenvalue weighted by Crippen LogP contribution is 2.39. The van der Waals surface area contributed by atoms with Crippen molar-refractivity contribution >= 4 is 23.6 Å². The molecule has 0 unspecified atom stereocenters. The fourth-order valence-corrected chi connectivity index (χ4v) is 3.48. The summed E-state index contributed by atoms with van der Waals surface area (Å²) in [5.74, 6) is -0.173. The van der Waals surface area contributed by atoms with Gasteiger partial charge >= 0.3 is 0 Å². The first-order valence-corrected chi connectivity index (χ1v) is 7.98. The molecule has 7 heteroatoms. The van der Waals surface area contributed by atoms with Gasteiger partial charge in [0.15, 0.2) is 0 Å². The van der Waals surface area contributed by atoms with Gasteiger partial charge in [0.2, 0.25) is 11.8 Å². The van der Waals surface area contributed by atoms with Crippen LogP contribution in [0.25, 0.3) is 0 Å². The second-order valence-corrected chi connectivity index (χ2v) is 6.09. The zero-order valence-electron chi connectivity index (χ0n) is 12.6. The Labute approximate surface area is 133 Å². The van der Waals surface area contributed by atoms with Crippen molar-refractivity contribution in [3.05, 3.63) is 35.6 Å². The van der Waals surface area contributed by atoms with Crippen molar-refractivity contribution in [2.45, 2.75) is 5.37 Å². The Hall–Kier alpha value is -1.60. The highest BCUT2D eigenvalue weighted by molar-refractivity contribution is 8.00. The molecule has 0 aromatic heterocycles. The minimum Gasteiger partial charge on any atom is -0.375 e. The number of hydrogen-bond donors (Lipinski definition) is 0. The van der Waals surface area contributed by atoms with E-state index in [-0.39, 0.29) is 29.6 Å². The number of carbonyl (C=O) groups is 2. The van der Waals surface area contributed by atoms with E-state index in [0.29, 0.717) is 24.4 Å². The lowest BCUT2D eigenvalue weighted by Gasteiger charge is -2.27. The molecule has 0 bridgehead atoms. The van der Waals surface area contributed by atoms with Gasteiger partial charge in [-0.2, -0.15) is 0 Å². The summed E-state index contributed by atoms with van der Waals surface area (Å²) in [7, 11) is 3.12. The van der Waals surface area contributed by atoms with Crippen LogP contribution in [-0.4, -0.2) is 61.2 Å². The van der Waals surface area contributed by atoms with Crippen LogP contribution in [0, 0.1) is 5.82 Å². The molecule has 1 heterocycles. The lowest BCUT2D eigenvalue weighted by atomic mass is 10.2. The molecule has 5 nitrogen and oxygen atoms in total. The number of rotatable bonds is 6. The minimum absolute atomic E-state index is 0.00986. The normalized spacial score (nSPS) is 17.9. The van der Waals surface area contributed by atoms with E-state index in [1.807, 2.05) is 0 Å². The zero-order chi connectivity index (χ0) is 16.1. The summed E-state index contributed by atoms with van der Waals surface area (Å²) in [5, 5.41) is -0.334. The Bertz CT molecular complexity index is 555. The highest BCUT2D eigenvalue weighted by atomic mass is 32.2. The van der Waals surface area contributed by atoms with Gasteiger partial charge in [-0.25, -0.2) is 4.39 Å². The number of methoxy groups -OCH3 is 1. The number of halogens is 1. The van der Waals surface area contributed by atoms with E-state index in [4.69, 9.17) is 4.74 Å². The zero-order valence-corrected chi connectivity index (χ0v) is 13.4. The van der Waals surface area contributed by atoms with Gasteiger partial charge in [0.05, 0.1) is 5.75 Å². The number of likely N-dealkylation sites (N-methyl/N-ethyl adjacent to an activating group) is 1. The van der Waals surface area contributed by atoms with Crippen LogP contribution >= 0.6 is 11.8 Å². The van der Waals surface area contributed by atoms with Crippen LogP contribution in [0.1, 0.15) is 10.9 Å². The van der Waals surface area contributed by atoms with Gasteiger partial charge in [-0.1, -0.05) is 18.2 Å². The standard InChI is InChI=1S/C15H19FN2O3S/c1-17(13(19)9-21-2)7-8-18-14(20)10-22-15(18)11-5-3-4-6-12(11)16/h3-6,15H,7-10H2,1-2H3/t15-/m1/s1. The molecule has 0 aliphatic carbocycles.